The second kappa shape index (κ2) is 8.06. The highest BCUT2D eigenvalue weighted by atomic mass is 32.2. The van der Waals surface area contributed by atoms with E-state index in [2.05, 4.69) is 4.74 Å². The van der Waals surface area contributed by atoms with Crippen LogP contribution in [-0.2, 0) is 27.6 Å². The van der Waals surface area contributed by atoms with E-state index in [1.807, 2.05) is 18.2 Å². The average molecular weight is 427 g/mol. The zero-order valence-corrected chi connectivity index (χ0v) is 16.5. The lowest BCUT2D eigenvalue weighted by Crippen LogP contribution is -2.36. The first-order valence-corrected chi connectivity index (χ1v) is 11.0. The Labute approximate surface area is 167 Å². The monoisotopic (exact) mass is 427 g/mol. The summed E-state index contributed by atoms with van der Waals surface area (Å²) in [7, 11) is -3.20. The van der Waals surface area contributed by atoms with Gasteiger partial charge in [0, 0.05) is 25.8 Å². The molecule has 156 valence electrons. The first kappa shape index (κ1) is 21.2. The van der Waals surface area contributed by atoms with E-state index >= 15 is 0 Å². The molecule has 9 heteroatoms. The molecule has 0 aliphatic carbocycles. The van der Waals surface area contributed by atoms with Gasteiger partial charge in [0.05, 0.1) is 5.75 Å². The van der Waals surface area contributed by atoms with Crippen LogP contribution in [0.5, 0.6) is 5.75 Å². The third kappa shape index (κ3) is 5.96. The van der Waals surface area contributed by atoms with E-state index in [0.717, 1.165) is 28.5 Å². The standard InChI is InChI=1S/C20H20F3NO4S/c1-29(26,27)11-9-19(25)24-10-8-15-2-3-16(12-17(15)13-24)14-4-6-18(7-5-14)28-20(21,22)23/h2-7,12H,8-11,13H2,1H3. The highest BCUT2D eigenvalue weighted by Gasteiger charge is 2.31. The Balaban J connectivity index is 1.73. The van der Waals surface area contributed by atoms with Crippen molar-refractivity contribution in [2.45, 2.75) is 25.7 Å². The molecule has 1 amide bonds. The van der Waals surface area contributed by atoms with E-state index in [9.17, 15) is 26.4 Å². The number of alkyl halides is 3. The van der Waals surface area contributed by atoms with Gasteiger partial charge in [-0.1, -0.05) is 24.3 Å². The van der Waals surface area contributed by atoms with Crippen molar-refractivity contribution >= 4 is 15.7 Å². The minimum Gasteiger partial charge on any atom is -0.406 e. The lowest BCUT2D eigenvalue weighted by molar-refractivity contribution is -0.274. The third-order valence-electron chi connectivity index (χ3n) is 4.68. The molecule has 0 N–H and O–H groups in total. The summed E-state index contributed by atoms with van der Waals surface area (Å²) in [5.74, 6) is -0.677. The zero-order chi connectivity index (χ0) is 21.2. The summed E-state index contributed by atoms with van der Waals surface area (Å²) in [6.07, 6.45) is -3.02. The summed E-state index contributed by atoms with van der Waals surface area (Å²) >= 11 is 0. The minimum absolute atomic E-state index is 0.0471. The van der Waals surface area contributed by atoms with Crippen molar-refractivity contribution in [2.75, 3.05) is 18.6 Å². The number of ether oxygens (including phenoxy) is 1. The topological polar surface area (TPSA) is 63.7 Å². The Morgan fingerprint density at radius 1 is 1.07 bits per heavy atom. The molecule has 1 aliphatic heterocycles. The number of carbonyl (C=O) groups is 1. The van der Waals surface area contributed by atoms with Crippen molar-refractivity contribution in [3.8, 4) is 16.9 Å². The molecule has 0 radical (unpaired) electrons. The fourth-order valence-corrected chi connectivity index (χ4v) is 3.77. The van der Waals surface area contributed by atoms with Gasteiger partial charge in [0.25, 0.3) is 0 Å². The van der Waals surface area contributed by atoms with Crippen LogP contribution >= 0.6 is 0 Å². The number of rotatable bonds is 5. The van der Waals surface area contributed by atoms with Gasteiger partial charge in [-0.25, -0.2) is 8.42 Å². The van der Waals surface area contributed by atoms with E-state index in [4.69, 9.17) is 0 Å². The highest BCUT2D eigenvalue weighted by molar-refractivity contribution is 7.90. The molecule has 0 spiro atoms. The number of hydrogen-bond donors (Lipinski definition) is 0. The molecule has 29 heavy (non-hydrogen) atoms. The number of nitrogens with zero attached hydrogens (tertiary/aromatic N) is 1. The number of carbonyl (C=O) groups excluding carboxylic acids is 1. The number of hydrogen-bond acceptors (Lipinski definition) is 4. The van der Waals surface area contributed by atoms with Crippen molar-refractivity contribution in [3.63, 3.8) is 0 Å². The molecule has 5 nitrogen and oxygen atoms in total. The lowest BCUT2D eigenvalue weighted by Gasteiger charge is -2.29. The second-order valence-electron chi connectivity index (χ2n) is 7.00. The van der Waals surface area contributed by atoms with Crippen molar-refractivity contribution < 1.29 is 31.1 Å². The molecule has 0 aromatic heterocycles. The largest absolute Gasteiger partial charge is 0.573 e. The molecule has 0 unspecified atom stereocenters. The number of amides is 1. The maximum absolute atomic E-state index is 12.3. The van der Waals surface area contributed by atoms with Gasteiger partial charge in [-0.3, -0.25) is 4.79 Å². The van der Waals surface area contributed by atoms with Crippen LogP contribution in [0.25, 0.3) is 11.1 Å². The summed E-state index contributed by atoms with van der Waals surface area (Å²) in [5, 5.41) is 0. The Morgan fingerprint density at radius 2 is 1.72 bits per heavy atom. The SMILES string of the molecule is CS(=O)(=O)CCC(=O)N1CCc2ccc(-c3ccc(OC(F)(F)F)cc3)cc2C1. The van der Waals surface area contributed by atoms with E-state index in [1.165, 1.54) is 12.1 Å². The molecule has 0 bridgehead atoms. The van der Waals surface area contributed by atoms with Gasteiger partial charge in [0.1, 0.15) is 15.6 Å². The van der Waals surface area contributed by atoms with Crippen LogP contribution in [0.15, 0.2) is 42.5 Å². The number of fused-ring (bicyclic) bond motifs is 1. The molecular weight excluding hydrogens is 407 g/mol. The van der Waals surface area contributed by atoms with Gasteiger partial charge >= 0.3 is 6.36 Å². The van der Waals surface area contributed by atoms with Crippen LogP contribution in [0.4, 0.5) is 13.2 Å². The van der Waals surface area contributed by atoms with Crippen LogP contribution in [0.1, 0.15) is 17.5 Å². The average Bonchev–Trinajstić information content (AvgIpc) is 2.64. The van der Waals surface area contributed by atoms with Crippen LogP contribution in [0, 0.1) is 0 Å². The van der Waals surface area contributed by atoms with Gasteiger partial charge in [-0.15, -0.1) is 13.2 Å². The van der Waals surface area contributed by atoms with Crippen LogP contribution in [-0.4, -0.2) is 44.1 Å². The maximum Gasteiger partial charge on any atom is 0.573 e. The quantitative estimate of drug-likeness (QED) is 0.732. The Bertz CT molecular complexity index is 1000. The normalized spacial score (nSPS) is 14.4. The van der Waals surface area contributed by atoms with Crippen molar-refractivity contribution in [1.82, 2.24) is 4.90 Å². The third-order valence-corrected chi connectivity index (χ3v) is 5.62. The summed E-state index contributed by atoms with van der Waals surface area (Å²) in [6.45, 7) is 0.902. The van der Waals surface area contributed by atoms with E-state index in [1.54, 1.807) is 17.0 Å². The number of halogens is 3. The zero-order valence-electron chi connectivity index (χ0n) is 15.7. The number of benzene rings is 2. The minimum atomic E-state index is -4.74. The highest BCUT2D eigenvalue weighted by Crippen LogP contribution is 2.29. The smallest absolute Gasteiger partial charge is 0.406 e. The van der Waals surface area contributed by atoms with Gasteiger partial charge in [0.15, 0.2) is 0 Å². The molecule has 0 saturated heterocycles. The fraction of sp³-hybridized carbons (Fsp3) is 0.350. The summed E-state index contributed by atoms with van der Waals surface area (Å²) in [6, 6.07) is 11.3. The molecule has 3 rings (SSSR count). The van der Waals surface area contributed by atoms with Crippen LogP contribution < -0.4 is 4.74 Å². The molecule has 2 aromatic carbocycles. The molecule has 0 fully saturated rings. The first-order chi connectivity index (χ1) is 13.5. The van der Waals surface area contributed by atoms with Crippen LogP contribution in [0.3, 0.4) is 0 Å². The maximum atomic E-state index is 12.3. The predicted molar refractivity (Wildman–Crippen MR) is 102 cm³/mol. The fourth-order valence-electron chi connectivity index (χ4n) is 3.23. The van der Waals surface area contributed by atoms with E-state index in [-0.39, 0.29) is 23.8 Å². The van der Waals surface area contributed by atoms with Gasteiger partial charge in [-0.2, -0.15) is 0 Å². The van der Waals surface area contributed by atoms with Gasteiger partial charge in [-0.05, 0) is 46.9 Å². The van der Waals surface area contributed by atoms with Crippen molar-refractivity contribution in [2.24, 2.45) is 0 Å². The molecular formula is C20H20F3NO4S. The first-order valence-electron chi connectivity index (χ1n) is 8.94. The molecule has 1 aliphatic rings. The second-order valence-corrected chi connectivity index (χ2v) is 9.26. The lowest BCUT2D eigenvalue weighted by atomic mass is 9.94. The summed E-state index contributed by atoms with van der Waals surface area (Å²) in [4.78, 5) is 14.0. The Kier molecular flexibility index (Phi) is 5.88. The van der Waals surface area contributed by atoms with Crippen LogP contribution in [0.2, 0.25) is 0 Å². The van der Waals surface area contributed by atoms with Crippen molar-refractivity contribution in [1.29, 1.82) is 0 Å². The summed E-state index contributed by atoms with van der Waals surface area (Å²) < 4.78 is 63.3. The summed E-state index contributed by atoms with van der Waals surface area (Å²) in [5.41, 5.74) is 3.57. The Hall–Kier alpha value is -2.55. The predicted octanol–water partition coefficient (Wildman–Crippen LogP) is 3.57. The van der Waals surface area contributed by atoms with E-state index < -0.39 is 16.2 Å². The molecule has 2 aromatic rings. The molecule has 0 atom stereocenters. The molecule has 1 heterocycles. The van der Waals surface area contributed by atoms with E-state index in [0.29, 0.717) is 19.5 Å². The van der Waals surface area contributed by atoms with Gasteiger partial charge < -0.3 is 9.64 Å². The van der Waals surface area contributed by atoms with Crippen molar-refractivity contribution in [3.05, 3.63) is 53.6 Å². The number of sulfone groups is 1. The Morgan fingerprint density at radius 3 is 2.34 bits per heavy atom. The van der Waals surface area contributed by atoms with Gasteiger partial charge in [0.2, 0.25) is 5.91 Å². The molecule has 0 saturated carbocycles.